The molecule has 106 valence electrons. The Labute approximate surface area is 129 Å². The highest BCUT2D eigenvalue weighted by molar-refractivity contribution is 7.22. The first kappa shape index (κ1) is 14.0. The van der Waals surface area contributed by atoms with E-state index in [9.17, 15) is 9.59 Å². The van der Waals surface area contributed by atoms with Gasteiger partial charge in [0.15, 0.2) is 0 Å². The molecule has 0 aliphatic rings. The summed E-state index contributed by atoms with van der Waals surface area (Å²) in [7, 11) is 0. The Bertz CT molecular complexity index is 881. The van der Waals surface area contributed by atoms with Crippen LogP contribution in [0.1, 0.15) is 6.92 Å². The van der Waals surface area contributed by atoms with Gasteiger partial charge in [0.1, 0.15) is 10.5 Å². The first-order valence-electron chi connectivity index (χ1n) is 6.29. The SMILES string of the molecule is CC(=O)Cn1cnc2cc(-c3ccc(Cl)cc3)sc2c1=O. The largest absolute Gasteiger partial charge is 0.298 e. The van der Waals surface area contributed by atoms with Crippen LogP contribution >= 0.6 is 22.9 Å². The van der Waals surface area contributed by atoms with Crippen LogP contribution in [-0.4, -0.2) is 15.3 Å². The van der Waals surface area contributed by atoms with E-state index in [0.717, 1.165) is 10.4 Å². The Balaban J connectivity index is 2.12. The van der Waals surface area contributed by atoms with E-state index in [1.54, 1.807) is 0 Å². The molecule has 0 aliphatic carbocycles. The Hall–Kier alpha value is -1.98. The normalized spacial score (nSPS) is 11.0. The number of aromatic nitrogens is 2. The van der Waals surface area contributed by atoms with Crippen molar-refractivity contribution in [1.29, 1.82) is 0 Å². The van der Waals surface area contributed by atoms with E-state index in [1.165, 1.54) is 29.2 Å². The number of benzene rings is 1. The molecule has 0 spiro atoms. The third-order valence-electron chi connectivity index (χ3n) is 3.03. The number of carbonyl (C=O) groups excluding carboxylic acids is 1. The molecule has 0 radical (unpaired) electrons. The third-order valence-corrected chi connectivity index (χ3v) is 4.44. The topological polar surface area (TPSA) is 52.0 Å². The summed E-state index contributed by atoms with van der Waals surface area (Å²) in [6, 6.07) is 9.30. The molecular formula is C15H11ClN2O2S. The molecule has 0 saturated carbocycles. The number of hydrogen-bond donors (Lipinski definition) is 0. The number of Topliss-reactive ketones (excluding diaryl/α,β-unsaturated/α-hetero) is 1. The molecule has 0 aliphatic heterocycles. The average molecular weight is 319 g/mol. The van der Waals surface area contributed by atoms with Crippen molar-refractivity contribution < 1.29 is 4.79 Å². The van der Waals surface area contributed by atoms with Gasteiger partial charge in [0.2, 0.25) is 0 Å². The van der Waals surface area contributed by atoms with Gasteiger partial charge in [-0.3, -0.25) is 14.2 Å². The highest BCUT2D eigenvalue weighted by atomic mass is 35.5. The van der Waals surface area contributed by atoms with Gasteiger partial charge in [0.05, 0.1) is 18.4 Å². The van der Waals surface area contributed by atoms with Gasteiger partial charge in [0, 0.05) is 9.90 Å². The van der Waals surface area contributed by atoms with Crippen LogP contribution in [0.5, 0.6) is 0 Å². The summed E-state index contributed by atoms with van der Waals surface area (Å²) in [4.78, 5) is 28.7. The summed E-state index contributed by atoms with van der Waals surface area (Å²) < 4.78 is 1.90. The monoisotopic (exact) mass is 318 g/mol. The summed E-state index contributed by atoms with van der Waals surface area (Å²) in [5, 5.41) is 0.668. The van der Waals surface area contributed by atoms with E-state index in [0.29, 0.717) is 15.2 Å². The minimum absolute atomic E-state index is 0.0515. The van der Waals surface area contributed by atoms with Gasteiger partial charge in [-0.05, 0) is 30.7 Å². The van der Waals surface area contributed by atoms with Gasteiger partial charge in [-0.15, -0.1) is 11.3 Å². The van der Waals surface area contributed by atoms with Gasteiger partial charge >= 0.3 is 0 Å². The van der Waals surface area contributed by atoms with E-state index in [2.05, 4.69) is 4.98 Å². The molecule has 3 aromatic rings. The lowest BCUT2D eigenvalue weighted by Crippen LogP contribution is -2.22. The second-order valence-corrected chi connectivity index (χ2v) is 6.20. The van der Waals surface area contributed by atoms with Gasteiger partial charge < -0.3 is 0 Å². The van der Waals surface area contributed by atoms with Crippen molar-refractivity contribution in [3.63, 3.8) is 0 Å². The Morgan fingerprint density at radius 3 is 2.71 bits per heavy atom. The van der Waals surface area contributed by atoms with Crippen molar-refractivity contribution in [3.8, 4) is 10.4 Å². The fourth-order valence-electron chi connectivity index (χ4n) is 2.05. The first-order valence-corrected chi connectivity index (χ1v) is 7.48. The van der Waals surface area contributed by atoms with Crippen molar-refractivity contribution in [2.24, 2.45) is 0 Å². The molecule has 2 aromatic heterocycles. The summed E-state index contributed by atoms with van der Waals surface area (Å²) in [6.45, 7) is 1.50. The van der Waals surface area contributed by atoms with Gasteiger partial charge in [-0.2, -0.15) is 0 Å². The van der Waals surface area contributed by atoms with Crippen LogP contribution in [0.4, 0.5) is 0 Å². The first-order chi connectivity index (χ1) is 10.0. The molecule has 0 saturated heterocycles. The number of rotatable bonds is 3. The third kappa shape index (κ3) is 2.75. The molecule has 0 amide bonds. The van der Waals surface area contributed by atoms with E-state index < -0.39 is 0 Å². The molecule has 1 aromatic carbocycles. The maximum absolute atomic E-state index is 12.3. The zero-order valence-electron chi connectivity index (χ0n) is 11.2. The second-order valence-electron chi connectivity index (χ2n) is 4.71. The Morgan fingerprint density at radius 1 is 1.33 bits per heavy atom. The number of nitrogens with zero attached hydrogens (tertiary/aromatic N) is 2. The van der Waals surface area contributed by atoms with Crippen molar-refractivity contribution in [2.75, 3.05) is 0 Å². The number of carbonyl (C=O) groups is 1. The van der Waals surface area contributed by atoms with E-state index in [4.69, 9.17) is 11.6 Å². The quantitative estimate of drug-likeness (QED) is 0.744. The molecule has 0 N–H and O–H groups in total. The van der Waals surface area contributed by atoms with Gasteiger partial charge in [-0.25, -0.2) is 4.98 Å². The molecule has 3 rings (SSSR count). The smallest absolute Gasteiger partial charge is 0.271 e. The maximum atomic E-state index is 12.3. The van der Waals surface area contributed by atoms with E-state index in [1.807, 2.05) is 30.3 Å². The number of thiophene rings is 1. The van der Waals surface area contributed by atoms with Gasteiger partial charge in [-0.1, -0.05) is 23.7 Å². The number of fused-ring (bicyclic) bond motifs is 1. The summed E-state index contributed by atoms with van der Waals surface area (Å²) >= 11 is 7.25. The van der Waals surface area contributed by atoms with Crippen molar-refractivity contribution in [3.05, 3.63) is 52.0 Å². The molecular weight excluding hydrogens is 308 g/mol. The van der Waals surface area contributed by atoms with Crippen LogP contribution in [0.25, 0.3) is 20.7 Å². The van der Waals surface area contributed by atoms with E-state index in [-0.39, 0.29) is 17.9 Å². The van der Waals surface area contributed by atoms with Gasteiger partial charge in [0.25, 0.3) is 5.56 Å². The average Bonchev–Trinajstić information content (AvgIpc) is 2.87. The molecule has 0 bridgehead atoms. The summed E-state index contributed by atoms with van der Waals surface area (Å²) in [5.41, 5.74) is 1.45. The standard InChI is InChI=1S/C15H11ClN2O2S/c1-9(19)7-18-8-17-12-6-13(21-14(12)15(18)20)10-2-4-11(16)5-3-10/h2-6,8H,7H2,1H3. The predicted molar refractivity (Wildman–Crippen MR) is 85.0 cm³/mol. The minimum Gasteiger partial charge on any atom is -0.298 e. The number of hydrogen-bond acceptors (Lipinski definition) is 4. The Morgan fingerprint density at radius 2 is 2.05 bits per heavy atom. The second kappa shape index (κ2) is 5.42. The molecule has 0 unspecified atom stereocenters. The molecule has 0 fully saturated rings. The molecule has 21 heavy (non-hydrogen) atoms. The Kier molecular flexibility index (Phi) is 3.61. The van der Waals surface area contributed by atoms with Crippen LogP contribution in [-0.2, 0) is 11.3 Å². The summed E-state index contributed by atoms with van der Waals surface area (Å²) in [5.74, 6) is -0.0762. The van der Waals surface area contributed by atoms with Crippen LogP contribution < -0.4 is 5.56 Å². The van der Waals surface area contributed by atoms with E-state index >= 15 is 0 Å². The fourth-order valence-corrected chi connectivity index (χ4v) is 3.25. The predicted octanol–water partition coefficient (Wildman–Crippen LogP) is 3.37. The van der Waals surface area contributed by atoms with Crippen LogP contribution in [0.15, 0.2) is 41.5 Å². The summed E-state index contributed by atoms with van der Waals surface area (Å²) in [6.07, 6.45) is 1.42. The lowest BCUT2D eigenvalue weighted by molar-refractivity contribution is -0.117. The highest BCUT2D eigenvalue weighted by Crippen LogP contribution is 2.31. The van der Waals surface area contributed by atoms with Crippen LogP contribution in [0, 0.1) is 0 Å². The zero-order chi connectivity index (χ0) is 15.0. The number of ketones is 1. The lowest BCUT2D eigenvalue weighted by atomic mass is 10.2. The molecule has 2 heterocycles. The van der Waals surface area contributed by atoms with Crippen LogP contribution in [0.3, 0.4) is 0 Å². The zero-order valence-corrected chi connectivity index (χ0v) is 12.7. The lowest BCUT2D eigenvalue weighted by Gasteiger charge is -2.00. The van der Waals surface area contributed by atoms with Crippen LogP contribution in [0.2, 0.25) is 5.02 Å². The number of halogens is 1. The van der Waals surface area contributed by atoms with Crippen molar-refractivity contribution in [1.82, 2.24) is 9.55 Å². The van der Waals surface area contributed by atoms with Crippen molar-refractivity contribution >= 4 is 38.9 Å². The molecule has 0 atom stereocenters. The van der Waals surface area contributed by atoms with Crippen molar-refractivity contribution in [2.45, 2.75) is 13.5 Å². The minimum atomic E-state index is -0.180. The maximum Gasteiger partial charge on any atom is 0.271 e. The fraction of sp³-hybridized carbons (Fsp3) is 0.133. The molecule has 4 nitrogen and oxygen atoms in total. The molecule has 6 heteroatoms. The highest BCUT2D eigenvalue weighted by Gasteiger charge is 2.11.